The van der Waals surface area contributed by atoms with E-state index in [9.17, 15) is 18.7 Å². The molecule has 7 nitrogen and oxygen atoms in total. The van der Waals surface area contributed by atoms with Gasteiger partial charge in [0.15, 0.2) is 5.82 Å². The summed E-state index contributed by atoms with van der Waals surface area (Å²) in [6.45, 7) is 5.73. The zero-order valence-corrected chi connectivity index (χ0v) is 20.5. The fraction of sp³-hybridized carbons (Fsp3) is 0.333. The molecule has 2 aromatic carbocycles. The summed E-state index contributed by atoms with van der Waals surface area (Å²) in [7, 11) is -5.39. The number of aryl methyl sites for hydroxylation is 1. The van der Waals surface area contributed by atoms with Crippen LogP contribution in [0.25, 0.3) is 22.3 Å². The molecule has 31 heavy (non-hydrogen) atoms. The van der Waals surface area contributed by atoms with Crippen LogP contribution in [0.5, 0.6) is 5.75 Å². The van der Waals surface area contributed by atoms with Gasteiger partial charge in [0.25, 0.3) is 0 Å². The van der Waals surface area contributed by atoms with Gasteiger partial charge >= 0.3 is 37.7 Å². The predicted octanol–water partition coefficient (Wildman–Crippen LogP) is 2.81. The standard InChI is InChI=1S/C21H23FN3O4P.Ca/c1-13-8-10-25(11-9-13)21-15-7-6-14(2)12-17(15)23-20(24-21)19-16(22)4-3-5-18(19)29-30(26,27)28;/h3-7,12-13H,8-11H2,1-2H3,(H2,26,27,28);/q;+2/p-2. The van der Waals surface area contributed by atoms with Crippen LogP contribution in [0.3, 0.4) is 0 Å². The van der Waals surface area contributed by atoms with Crippen molar-refractivity contribution in [3.05, 3.63) is 47.8 Å². The Hall–Kier alpha value is -1.28. The van der Waals surface area contributed by atoms with Crippen LogP contribution in [0.15, 0.2) is 36.4 Å². The minimum atomic E-state index is -5.39. The minimum absolute atomic E-state index is 0. The van der Waals surface area contributed by atoms with Gasteiger partial charge in [-0.25, -0.2) is 14.4 Å². The van der Waals surface area contributed by atoms with Crippen molar-refractivity contribution in [1.82, 2.24) is 9.97 Å². The Kier molecular flexibility index (Phi) is 7.62. The first-order chi connectivity index (χ1) is 14.2. The molecule has 0 amide bonds. The van der Waals surface area contributed by atoms with E-state index in [-0.39, 0.29) is 49.1 Å². The number of phosphoric acid groups is 1. The predicted molar refractivity (Wildman–Crippen MR) is 114 cm³/mol. The molecule has 1 saturated heterocycles. The van der Waals surface area contributed by atoms with E-state index in [1.54, 1.807) is 0 Å². The maximum Gasteiger partial charge on any atom is 2.00 e. The van der Waals surface area contributed by atoms with Crippen molar-refractivity contribution >= 4 is 62.3 Å². The number of nitrogens with zero attached hydrogens (tertiary/aromatic N) is 3. The number of halogens is 1. The van der Waals surface area contributed by atoms with E-state index in [1.165, 1.54) is 12.1 Å². The first-order valence-corrected chi connectivity index (χ1v) is 11.2. The molecule has 0 spiro atoms. The molecule has 1 aliphatic rings. The number of phosphoric ester groups is 1. The van der Waals surface area contributed by atoms with Gasteiger partial charge < -0.3 is 23.8 Å². The smallest absolute Gasteiger partial charge is 0.780 e. The molecule has 0 bridgehead atoms. The molecule has 0 saturated carbocycles. The fourth-order valence-corrected chi connectivity index (χ4v) is 4.11. The van der Waals surface area contributed by atoms with Gasteiger partial charge in [-0.1, -0.05) is 19.1 Å². The average Bonchev–Trinajstić information content (AvgIpc) is 2.66. The van der Waals surface area contributed by atoms with Gasteiger partial charge in [-0.15, -0.1) is 0 Å². The summed E-state index contributed by atoms with van der Waals surface area (Å²) in [6, 6.07) is 9.39. The maximum absolute atomic E-state index is 14.7. The van der Waals surface area contributed by atoms with Gasteiger partial charge in [-0.3, -0.25) is 0 Å². The van der Waals surface area contributed by atoms with Crippen molar-refractivity contribution in [3.63, 3.8) is 0 Å². The molecule has 1 aliphatic heterocycles. The second-order valence-electron chi connectivity index (χ2n) is 7.71. The van der Waals surface area contributed by atoms with E-state index in [1.807, 2.05) is 25.1 Å². The van der Waals surface area contributed by atoms with E-state index in [0.717, 1.165) is 42.9 Å². The fourth-order valence-electron chi connectivity index (χ4n) is 3.71. The molecule has 3 aromatic rings. The molecule has 10 heteroatoms. The van der Waals surface area contributed by atoms with Crippen LogP contribution < -0.4 is 19.2 Å². The minimum Gasteiger partial charge on any atom is -0.780 e. The van der Waals surface area contributed by atoms with Gasteiger partial charge in [-0.05, 0) is 55.5 Å². The van der Waals surface area contributed by atoms with Crippen LogP contribution in [0, 0.1) is 18.7 Å². The zero-order chi connectivity index (χ0) is 21.5. The maximum atomic E-state index is 14.7. The molecule has 0 radical (unpaired) electrons. The molecule has 0 N–H and O–H groups in total. The Balaban J connectivity index is 0.00000272. The normalized spacial score (nSPS) is 15.1. The first kappa shape index (κ1) is 24.4. The Bertz CT molecular complexity index is 1150. The third-order valence-corrected chi connectivity index (χ3v) is 5.74. The van der Waals surface area contributed by atoms with Crippen molar-refractivity contribution in [3.8, 4) is 17.1 Å². The van der Waals surface area contributed by atoms with Crippen molar-refractivity contribution < 1.29 is 23.3 Å². The number of benzene rings is 2. The molecule has 1 fully saturated rings. The number of aromatic nitrogens is 2. The van der Waals surface area contributed by atoms with Gasteiger partial charge in [0.1, 0.15) is 25.2 Å². The summed E-state index contributed by atoms with van der Waals surface area (Å²) in [6.07, 6.45) is 2.02. The second kappa shape index (κ2) is 9.69. The number of anilines is 1. The van der Waals surface area contributed by atoms with Gasteiger partial charge in [-0.2, -0.15) is 0 Å². The molecule has 1 aromatic heterocycles. The third-order valence-electron chi connectivity index (χ3n) is 5.32. The Morgan fingerprint density at radius 2 is 1.87 bits per heavy atom. The van der Waals surface area contributed by atoms with Crippen LogP contribution in [0.2, 0.25) is 0 Å². The van der Waals surface area contributed by atoms with E-state index in [0.29, 0.717) is 17.3 Å². The average molecular weight is 469 g/mol. The Morgan fingerprint density at radius 3 is 2.55 bits per heavy atom. The third kappa shape index (κ3) is 5.56. The van der Waals surface area contributed by atoms with Crippen molar-refractivity contribution in [2.24, 2.45) is 5.92 Å². The quantitative estimate of drug-likeness (QED) is 0.428. The molecule has 158 valence electrons. The zero-order valence-electron chi connectivity index (χ0n) is 17.4. The van der Waals surface area contributed by atoms with Crippen LogP contribution in [-0.2, 0) is 4.57 Å². The summed E-state index contributed by atoms with van der Waals surface area (Å²) < 4.78 is 30.4. The van der Waals surface area contributed by atoms with Crippen molar-refractivity contribution in [2.75, 3.05) is 18.0 Å². The molecule has 2 heterocycles. The van der Waals surface area contributed by atoms with E-state index < -0.39 is 19.4 Å². The monoisotopic (exact) mass is 469 g/mol. The van der Waals surface area contributed by atoms with Crippen LogP contribution in [-0.4, -0.2) is 60.8 Å². The molecule has 0 unspecified atom stereocenters. The van der Waals surface area contributed by atoms with E-state index in [2.05, 4.69) is 26.3 Å². The summed E-state index contributed by atoms with van der Waals surface area (Å²) in [5.74, 6) is 0.0532. The molecule has 4 rings (SSSR count). The number of rotatable bonds is 4. The first-order valence-electron chi connectivity index (χ1n) is 9.75. The second-order valence-corrected chi connectivity index (χ2v) is 8.79. The number of hydrogen-bond acceptors (Lipinski definition) is 7. The number of fused-ring (bicyclic) bond motifs is 1. The van der Waals surface area contributed by atoms with E-state index >= 15 is 0 Å². The number of hydrogen-bond donors (Lipinski definition) is 0. The summed E-state index contributed by atoms with van der Waals surface area (Å²) in [5.41, 5.74) is 1.33. The molecule has 0 aliphatic carbocycles. The summed E-state index contributed by atoms with van der Waals surface area (Å²) >= 11 is 0. The molecular weight excluding hydrogens is 448 g/mol. The number of piperidine rings is 1. The van der Waals surface area contributed by atoms with E-state index in [4.69, 9.17) is 0 Å². The van der Waals surface area contributed by atoms with Crippen LogP contribution in [0.1, 0.15) is 25.3 Å². The van der Waals surface area contributed by atoms with Crippen molar-refractivity contribution in [1.29, 1.82) is 0 Å². The molecule has 0 atom stereocenters. The largest absolute Gasteiger partial charge is 2.00 e. The van der Waals surface area contributed by atoms with Crippen molar-refractivity contribution in [2.45, 2.75) is 26.7 Å². The Morgan fingerprint density at radius 1 is 1.16 bits per heavy atom. The molecular formula is C21H21CaFN3O4P. The SMILES string of the molecule is Cc1ccc2c(N3CCC(C)CC3)nc(-c3c(F)cccc3OP(=O)([O-])[O-])nc2c1.[Ca+2]. The Labute approximate surface area is 209 Å². The van der Waals surface area contributed by atoms with Crippen LogP contribution in [0.4, 0.5) is 10.2 Å². The summed E-state index contributed by atoms with van der Waals surface area (Å²) in [5, 5.41) is 0.830. The van der Waals surface area contributed by atoms with Gasteiger partial charge in [0.2, 0.25) is 0 Å². The summed E-state index contributed by atoms with van der Waals surface area (Å²) in [4.78, 5) is 33.6. The van der Waals surface area contributed by atoms with Gasteiger partial charge in [0, 0.05) is 18.5 Å². The topological polar surface area (TPSA) is 101 Å². The van der Waals surface area contributed by atoms with Crippen LogP contribution >= 0.6 is 7.82 Å². The van der Waals surface area contributed by atoms with Gasteiger partial charge in [0.05, 0.1) is 11.1 Å².